The molecule has 2 amide bonds. The molecule has 0 saturated heterocycles. The third kappa shape index (κ3) is 4.10. The number of nitrogens with one attached hydrogen (secondary N) is 1. The molecule has 150 valence electrons. The molecule has 0 spiro atoms. The number of carbonyl (C=O) groups is 2. The van der Waals surface area contributed by atoms with Gasteiger partial charge in [-0.15, -0.1) is 0 Å². The van der Waals surface area contributed by atoms with Crippen LogP contribution in [-0.2, 0) is 9.59 Å². The summed E-state index contributed by atoms with van der Waals surface area (Å²) in [7, 11) is 0. The van der Waals surface area contributed by atoms with E-state index in [-0.39, 0.29) is 10.7 Å². The molecular formula is C23H16Cl2N2O2S. The number of aryl methyl sites for hydroxylation is 1. The van der Waals surface area contributed by atoms with E-state index in [1.807, 2.05) is 61.5 Å². The maximum atomic E-state index is 13.3. The van der Waals surface area contributed by atoms with E-state index in [1.165, 1.54) is 17.8 Å². The molecule has 0 atom stereocenters. The van der Waals surface area contributed by atoms with Crippen molar-refractivity contribution in [1.29, 1.82) is 0 Å². The lowest BCUT2D eigenvalue weighted by atomic mass is 10.2. The smallest absolute Gasteiger partial charge is 0.283 e. The molecule has 1 aliphatic heterocycles. The van der Waals surface area contributed by atoms with Crippen molar-refractivity contribution in [3.63, 3.8) is 0 Å². The van der Waals surface area contributed by atoms with Crippen molar-refractivity contribution in [3.8, 4) is 0 Å². The van der Waals surface area contributed by atoms with Crippen LogP contribution in [0.25, 0.3) is 0 Å². The van der Waals surface area contributed by atoms with Crippen LogP contribution in [0.4, 0.5) is 11.4 Å². The Hall–Kier alpha value is -2.73. The quantitative estimate of drug-likeness (QED) is 0.460. The molecular weight excluding hydrogens is 439 g/mol. The Morgan fingerprint density at radius 2 is 1.57 bits per heavy atom. The lowest BCUT2D eigenvalue weighted by molar-refractivity contribution is -0.120. The number of anilines is 2. The van der Waals surface area contributed by atoms with Gasteiger partial charge in [0, 0.05) is 15.6 Å². The molecule has 30 heavy (non-hydrogen) atoms. The number of hydrogen-bond acceptors (Lipinski definition) is 4. The number of halogens is 2. The van der Waals surface area contributed by atoms with Crippen LogP contribution in [-0.4, -0.2) is 11.8 Å². The number of amides is 2. The van der Waals surface area contributed by atoms with Crippen molar-refractivity contribution in [2.45, 2.75) is 11.8 Å². The summed E-state index contributed by atoms with van der Waals surface area (Å²) in [6.07, 6.45) is 0. The maximum Gasteiger partial charge on any atom is 0.283 e. The second-order valence-corrected chi connectivity index (χ2v) is 8.58. The van der Waals surface area contributed by atoms with Crippen LogP contribution in [0, 0.1) is 6.92 Å². The van der Waals surface area contributed by atoms with Gasteiger partial charge in [0.15, 0.2) is 0 Å². The Balaban J connectivity index is 1.76. The largest absolute Gasteiger partial charge is 0.350 e. The van der Waals surface area contributed by atoms with E-state index in [4.69, 9.17) is 23.2 Å². The van der Waals surface area contributed by atoms with E-state index in [2.05, 4.69) is 5.32 Å². The van der Waals surface area contributed by atoms with E-state index in [9.17, 15) is 9.59 Å². The van der Waals surface area contributed by atoms with Crippen LogP contribution in [0.15, 0.2) is 88.3 Å². The Kier molecular flexibility index (Phi) is 5.86. The number of para-hydroxylation sites is 1. The van der Waals surface area contributed by atoms with Crippen LogP contribution in [0.1, 0.15) is 5.56 Å². The Bertz CT molecular complexity index is 1160. The monoisotopic (exact) mass is 454 g/mol. The molecule has 3 aromatic carbocycles. The second kappa shape index (κ2) is 8.56. The molecule has 7 heteroatoms. The van der Waals surface area contributed by atoms with Crippen molar-refractivity contribution in [2.24, 2.45) is 0 Å². The van der Waals surface area contributed by atoms with Gasteiger partial charge in [0.2, 0.25) is 0 Å². The fourth-order valence-corrected chi connectivity index (χ4v) is 4.41. The number of rotatable bonds is 5. The van der Waals surface area contributed by atoms with Crippen molar-refractivity contribution in [3.05, 3.63) is 99.0 Å². The molecule has 0 unspecified atom stereocenters. The minimum atomic E-state index is -0.470. The fraction of sp³-hybridized carbons (Fsp3) is 0.0435. The summed E-state index contributed by atoms with van der Waals surface area (Å²) in [5.74, 6) is -0.907. The third-order valence-corrected chi connectivity index (χ3v) is 6.10. The van der Waals surface area contributed by atoms with Crippen LogP contribution in [0.5, 0.6) is 0 Å². The molecule has 4 rings (SSSR count). The molecule has 0 aromatic heterocycles. The first-order valence-electron chi connectivity index (χ1n) is 9.09. The second-order valence-electron chi connectivity index (χ2n) is 6.65. The summed E-state index contributed by atoms with van der Waals surface area (Å²) >= 11 is 13.5. The van der Waals surface area contributed by atoms with Gasteiger partial charge in [0.05, 0.1) is 10.7 Å². The molecule has 3 aromatic rings. The minimum absolute atomic E-state index is 0.211. The standard InChI is InChI=1S/C23H16Cl2N2O2S/c1-14-7-10-17(11-8-14)30-21-20(26-16-5-3-2-4-6-16)22(28)27(23(21)29)19-12-9-15(24)13-18(19)25/h2-13,26H,1H3. The highest BCUT2D eigenvalue weighted by Crippen LogP contribution is 2.40. The van der Waals surface area contributed by atoms with Gasteiger partial charge in [0.25, 0.3) is 11.8 Å². The van der Waals surface area contributed by atoms with E-state index in [0.29, 0.717) is 21.3 Å². The number of hydrogen-bond donors (Lipinski definition) is 1. The molecule has 0 aliphatic carbocycles. The van der Waals surface area contributed by atoms with Crippen LogP contribution >= 0.6 is 35.0 Å². The van der Waals surface area contributed by atoms with Gasteiger partial charge in [-0.25, -0.2) is 4.90 Å². The zero-order chi connectivity index (χ0) is 21.3. The van der Waals surface area contributed by atoms with Crippen LogP contribution in [0.3, 0.4) is 0 Å². The first-order chi connectivity index (χ1) is 14.4. The zero-order valence-corrected chi connectivity index (χ0v) is 18.2. The van der Waals surface area contributed by atoms with Gasteiger partial charge >= 0.3 is 0 Å². The summed E-state index contributed by atoms with van der Waals surface area (Å²) in [6, 6.07) is 21.7. The normalized spacial score (nSPS) is 13.9. The van der Waals surface area contributed by atoms with E-state index in [0.717, 1.165) is 15.4 Å². The average molecular weight is 455 g/mol. The zero-order valence-electron chi connectivity index (χ0n) is 15.9. The number of benzene rings is 3. The topological polar surface area (TPSA) is 49.4 Å². The summed E-state index contributed by atoms with van der Waals surface area (Å²) in [4.78, 5) is 28.9. The van der Waals surface area contributed by atoms with Gasteiger partial charge in [-0.1, -0.05) is 70.9 Å². The summed E-state index contributed by atoms with van der Waals surface area (Å²) < 4.78 is 0. The number of carbonyl (C=O) groups excluding carboxylic acids is 2. The van der Waals surface area contributed by atoms with Crippen LogP contribution < -0.4 is 10.2 Å². The third-order valence-electron chi connectivity index (χ3n) is 4.48. The SMILES string of the molecule is Cc1ccc(SC2=C(Nc3ccccc3)C(=O)N(c3ccc(Cl)cc3Cl)C2=O)cc1. The minimum Gasteiger partial charge on any atom is -0.350 e. The van der Waals surface area contributed by atoms with Crippen molar-refractivity contribution < 1.29 is 9.59 Å². The first-order valence-corrected chi connectivity index (χ1v) is 10.7. The Morgan fingerprint density at radius 3 is 2.23 bits per heavy atom. The molecule has 0 fully saturated rings. The van der Waals surface area contributed by atoms with Gasteiger partial charge in [-0.05, 0) is 49.4 Å². The maximum absolute atomic E-state index is 13.3. The van der Waals surface area contributed by atoms with Crippen molar-refractivity contribution in [2.75, 3.05) is 10.2 Å². The lowest BCUT2D eigenvalue weighted by Gasteiger charge is -2.17. The number of imide groups is 1. The van der Waals surface area contributed by atoms with Crippen LogP contribution in [0.2, 0.25) is 10.0 Å². The molecule has 1 heterocycles. The summed E-state index contributed by atoms with van der Waals surface area (Å²) in [5, 5.41) is 3.76. The Morgan fingerprint density at radius 1 is 0.867 bits per heavy atom. The Labute approximate surface area is 188 Å². The highest BCUT2D eigenvalue weighted by atomic mass is 35.5. The molecule has 0 radical (unpaired) electrons. The first kappa shape index (κ1) is 20.5. The number of nitrogens with zero attached hydrogens (tertiary/aromatic N) is 1. The average Bonchev–Trinajstić information content (AvgIpc) is 2.95. The van der Waals surface area contributed by atoms with Gasteiger partial charge in [-0.3, -0.25) is 9.59 Å². The predicted molar refractivity (Wildman–Crippen MR) is 123 cm³/mol. The molecule has 4 nitrogen and oxygen atoms in total. The van der Waals surface area contributed by atoms with E-state index < -0.39 is 11.8 Å². The predicted octanol–water partition coefficient (Wildman–Crippen LogP) is 6.29. The highest BCUT2D eigenvalue weighted by Gasteiger charge is 2.41. The molecule has 1 N–H and O–H groups in total. The van der Waals surface area contributed by atoms with Crippen molar-refractivity contribution >= 4 is 58.2 Å². The summed E-state index contributed by atoms with van der Waals surface area (Å²) in [6.45, 7) is 1.99. The van der Waals surface area contributed by atoms with E-state index >= 15 is 0 Å². The van der Waals surface area contributed by atoms with Gasteiger partial charge in [0.1, 0.15) is 10.6 Å². The lowest BCUT2D eigenvalue weighted by Crippen LogP contribution is -2.32. The van der Waals surface area contributed by atoms with Gasteiger partial charge in [-0.2, -0.15) is 0 Å². The van der Waals surface area contributed by atoms with Crippen molar-refractivity contribution in [1.82, 2.24) is 0 Å². The molecule has 0 saturated carbocycles. The summed E-state index contributed by atoms with van der Waals surface area (Å²) in [5.41, 5.74) is 2.32. The fourth-order valence-electron chi connectivity index (χ4n) is 2.99. The number of thioether (sulfide) groups is 1. The molecule has 1 aliphatic rings. The van der Waals surface area contributed by atoms with E-state index in [1.54, 1.807) is 12.1 Å². The highest BCUT2D eigenvalue weighted by molar-refractivity contribution is 8.04. The van der Waals surface area contributed by atoms with Gasteiger partial charge < -0.3 is 5.32 Å². The molecule has 0 bridgehead atoms.